The van der Waals surface area contributed by atoms with E-state index in [1.807, 2.05) is 0 Å². The number of rotatable bonds is 3. The summed E-state index contributed by atoms with van der Waals surface area (Å²) in [6.07, 6.45) is 2.70. The van der Waals surface area contributed by atoms with E-state index in [1.54, 1.807) is 0 Å². The average molecular weight is 342 g/mol. The van der Waals surface area contributed by atoms with E-state index in [-0.39, 0.29) is 34.9 Å². The average Bonchev–Trinajstić information content (AvgIpc) is 2.76. The normalized spacial score (nSPS) is 20.6. The molecule has 2 N–H and O–H groups in total. The van der Waals surface area contributed by atoms with Gasteiger partial charge in [0.05, 0.1) is 0 Å². The van der Waals surface area contributed by atoms with Crippen molar-refractivity contribution in [3.63, 3.8) is 0 Å². The van der Waals surface area contributed by atoms with Crippen molar-refractivity contribution in [2.24, 2.45) is 5.73 Å². The number of hydrogen-bond donors (Lipinski definition) is 1. The number of pyridine rings is 1. The third-order valence-electron chi connectivity index (χ3n) is 2.91. The number of nitrogens with zero attached hydrogens (tertiary/aromatic N) is 2. The van der Waals surface area contributed by atoms with Gasteiger partial charge in [0.2, 0.25) is 10.0 Å². The van der Waals surface area contributed by atoms with Crippen LogP contribution in [0, 0.1) is 0 Å². The van der Waals surface area contributed by atoms with Gasteiger partial charge in [0.1, 0.15) is 4.90 Å². The van der Waals surface area contributed by atoms with Crippen LogP contribution < -0.4 is 5.73 Å². The SMILES string of the molecule is CS(=O)(=O)c1ccc(S(=O)(=O)N2CC[C@H](N)C2)cn1.Cl. The van der Waals surface area contributed by atoms with Gasteiger partial charge in [-0.15, -0.1) is 12.4 Å². The summed E-state index contributed by atoms with van der Waals surface area (Å²) < 4.78 is 48.2. The Morgan fingerprint density at radius 2 is 1.95 bits per heavy atom. The Hall–Kier alpha value is -0.740. The van der Waals surface area contributed by atoms with Gasteiger partial charge in [-0.2, -0.15) is 4.31 Å². The van der Waals surface area contributed by atoms with Crippen molar-refractivity contribution in [3.05, 3.63) is 18.3 Å². The maximum Gasteiger partial charge on any atom is 0.244 e. The standard InChI is InChI=1S/C10H15N3O4S2.ClH/c1-18(14,15)10-3-2-9(6-12-10)19(16,17)13-5-4-8(11)7-13;/h2-3,6,8H,4-5,7,11H2,1H3;1H/t8-;/m0./s1. The number of hydrogen-bond acceptors (Lipinski definition) is 6. The minimum atomic E-state index is -3.64. The van der Waals surface area contributed by atoms with Crippen LogP contribution in [-0.4, -0.2) is 51.5 Å². The summed E-state index contributed by atoms with van der Waals surface area (Å²) in [6.45, 7) is 0.646. The van der Waals surface area contributed by atoms with Gasteiger partial charge in [-0.3, -0.25) is 0 Å². The smallest absolute Gasteiger partial charge is 0.244 e. The summed E-state index contributed by atoms with van der Waals surface area (Å²) in [7, 11) is -7.07. The second-order valence-corrected chi connectivity index (χ2v) is 8.42. The van der Waals surface area contributed by atoms with Crippen molar-refractivity contribution >= 4 is 32.3 Å². The fourth-order valence-electron chi connectivity index (χ4n) is 1.86. The summed E-state index contributed by atoms with van der Waals surface area (Å²) in [6, 6.07) is 2.29. The predicted molar refractivity (Wildman–Crippen MR) is 75.9 cm³/mol. The lowest BCUT2D eigenvalue weighted by molar-refractivity contribution is 0.472. The highest BCUT2D eigenvalue weighted by Crippen LogP contribution is 2.20. The van der Waals surface area contributed by atoms with Gasteiger partial charge < -0.3 is 5.73 Å². The molecular weight excluding hydrogens is 326 g/mol. The molecule has 10 heteroatoms. The molecule has 1 saturated heterocycles. The molecule has 20 heavy (non-hydrogen) atoms. The maximum atomic E-state index is 12.2. The van der Waals surface area contributed by atoms with Crippen LogP contribution in [0.5, 0.6) is 0 Å². The van der Waals surface area contributed by atoms with Crippen LogP contribution in [0.25, 0.3) is 0 Å². The molecule has 2 rings (SSSR count). The molecule has 1 aliphatic heterocycles. The molecule has 2 heterocycles. The Bertz CT molecular complexity index is 673. The molecule has 1 atom stereocenters. The highest BCUT2D eigenvalue weighted by Gasteiger charge is 2.31. The summed E-state index contributed by atoms with van der Waals surface area (Å²) in [5.74, 6) is 0. The van der Waals surface area contributed by atoms with Crippen molar-refractivity contribution < 1.29 is 16.8 Å². The van der Waals surface area contributed by atoms with E-state index in [9.17, 15) is 16.8 Å². The van der Waals surface area contributed by atoms with E-state index in [2.05, 4.69) is 4.98 Å². The molecule has 0 saturated carbocycles. The first-order chi connectivity index (χ1) is 8.71. The van der Waals surface area contributed by atoms with Crippen LogP contribution in [0.4, 0.5) is 0 Å². The molecule has 0 aromatic carbocycles. The van der Waals surface area contributed by atoms with Gasteiger partial charge in [-0.25, -0.2) is 21.8 Å². The fraction of sp³-hybridized carbons (Fsp3) is 0.500. The van der Waals surface area contributed by atoms with E-state index >= 15 is 0 Å². The minimum absolute atomic E-state index is 0. The minimum Gasteiger partial charge on any atom is -0.326 e. The topological polar surface area (TPSA) is 110 Å². The van der Waals surface area contributed by atoms with E-state index in [1.165, 1.54) is 16.4 Å². The second kappa shape index (κ2) is 5.94. The van der Waals surface area contributed by atoms with E-state index < -0.39 is 19.9 Å². The van der Waals surface area contributed by atoms with Crippen molar-refractivity contribution in [1.29, 1.82) is 0 Å². The van der Waals surface area contributed by atoms with Crippen molar-refractivity contribution in [2.45, 2.75) is 22.4 Å². The molecule has 0 amide bonds. The lowest BCUT2D eigenvalue weighted by atomic mass is 10.3. The first-order valence-electron chi connectivity index (χ1n) is 5.63. The summed E-state index contributed by atoms with van der Waals surface area (Å²) in [5, 5.41) is -0.149. The van der Waals surface area contributed by atoms with Crippen molar-refractivity contribution in [3.8, 4) is 0 Å². The number of sulfone groups is 1. The fourth-order valence-corrected chi connectivity index (χ4v) is 3.88. The number of nitrogens with two attached hydrogens (primary N) is 1. The highest BCUT2D eigenvalue weighted by atomic mass is 35.5. The third-order valence-corrected chi connectivity index (χ3v) is 5.76. The molecule has 0 spiro atoms. The van der Waals surface area contributed by atoms with E-state index in [0.717, 1.165) is 12.5 Å². The van der Waals surface area contributed by atoms with Crippen molar-refractivity contribution in [1.82, 2.24) is 9.29 Å². The Morgan fingerprint density at radius 1 is 1.30 bits per heavy atom. The van der Waals surface area contributed by atoms with Crippen LogP contribution in [-0.2, 0) is 19.9 Å². The number of sulfonamides is 1. The Kier molecular flexibility index (Phi) is 5.14. The van der Waals surface area contributed by atoms with Gasteiger partial charge in [0.15, 0.2) is 14.9 Å². The maximum absolute atomic E-state index is 12.2. The molecule has 0 bridgehead atoms. The lowest BCUT2D eigenvalue weighted by Gasteiger charge is -2.15. The lowest BCUT2D eigenvalue weighted by Crippen LogP contribution is -2.32. The zero-order chi connectivity index (χ0) is 14.3. The van der Waals surface area contributed by atoms with E-state index in [4.69, 9.17) is 5.73 Å². The molecule has 1 fully saturated rings. The van der Waals surface area contributed by atoms with Gasteiger partial charge >= 0.3 is 0 Å². The monoisotopic (exact) mass is 341 g/mol. The molecule has 0 radical (unpaired) electrons. The van der Waals surface area contributed by atoms with Crippen LogP contribution >= 0.6 is 12.4 Å². The molecule has 1 aromatic rings. The first kappa shape index (κ1) is 17.3. The number of halogens is 1. The van der Waals surface area contributed by atoms with Crippen LogP contribution in [0.1, 0.15) is 6.42 Å². The summed E-state index contributed by atoms with van der Waals surface area (Å²) in [5.41, 5.74) is 5.68. The Balaban J connectivity index is 0.00000200. The second-order valence-electron chi connectivity index (χ2n) is 4.52. The van der Waals surface area contributed by atoms with Crippen LogP contribution in [0.3, 0.4) is 0 Å². The zero-order valence-electron chi connectivity index (χ0n) is 10.8. The highest BCUT2D eigenvalue weighted by molar-refractivity contribution is 7.90. The molecule has 1 aliphatic rings. The van der Waals surface area contributed by atoms with Gasteiger partial charge in [0, 0.05) is 31.6 Å². The van der Waals surface area contributed by atoms with Gasteiger partial charge in [-0.1, -0.05) is 0 Å². The first-order valence-corrected chi connectivity index (χ1v) is 8.96. The molecule has 0 unspecified atom stereocenters. The van der Waals surface area contributed by atoms with Crippen molar-refractivity contribution in [2.75, 3.05) is 19.3 Å². The summed E-state index contributed by atoms with van der Waals surface area (Å²) in [4.78, 5) is 3.66. The molecule has 1 aromatic heterocycles. The Labute approximate surface area is 124 Å². The van der Waals surface area contributed by atoms with Gasteiger partial charge in [0.25, 0.3) is 0 Å². The molecule has 0 aliphatic carbocycles. The summed E-state index contributed by atoms with van der Waals surface area (Å²) >= 11 is 0. The predicted octanol–water partition coefficient (Wildman–Crippen LogP) is -0.371. The Morgan fingerprint density at radius 3 is 2.35 bits per heavy atom. The molecular formula is C10H16ClN3O4S2. The van der Waals surface area contributed by atoms with Crippen LogP contribution in [0.15, 0.2) is 28.3 Å². The quantitative estimate of drug-likeness (QED) is 0.803. The third kappa shape index (κ3) is 3.47. The molecule has 114 valence electrons. The zero-order valence-corrected chi connectivity index (χ0v) is 13.2. The van der Waals surface area contributed by atoms with E-state index in [0.29, 0.717) is 13.0 Å². The number of aromatic nitrogens is 1. The largest absolute Gasteiger partial charge is 0.326 e. The molecule has 7 nitrogen and oxygen atoms in total. The van der Waals surface area contributed by atoms with Crippen LogP contribution in [0.2, 0.25) is 0 Å². The van der Waals surface area contributed by atoms with Gasteiger partial charge in [-0.05, 0) is 18.6 Å².